The van der Waals surface area contributed by atoms with Crippen molar-refractivity contribution in [2.24, 2.45) is 0 Å². The normalized spacial score (nSPS) is 14.2. The van der Waals surface area contributed by atoms with Gasteiger partial charge in [-0.05, 0) is 24.0 Å². The van der Waals surface area contributed by atoms with Crippen molar-refractivity contribution in [3.05, 3.63) is 75.7 Å². The summed E-state index contributed by atoms with van der Waals surface area (Å²) < 4.78 is 0. The van der Waals surface area contributed by atoms with E-state index in [1.807, 2.05) is 0 Å². The number of aromatic amines is 1. The summed E-state index contributed by atoms with van der Waals surface area (Å²) in [6, 6.07) is 8.54. The molecule has 0 atom stereocenters. The summed E-state index contributed by atoms with van der Waals surface area (Å²) in [7, 11) is 0. The molecule has 1 aliphatic rings. The summed E-state index contributed by atoms with van der Waals surface area (Å²) in [5.41, 5.74) is 5.04. The van der Waals surface area contributed by atoms with Crippen molar-refractivity contribution in [1.82, 2.24) is 24.8 Å². The number of hydrogen-bond donors (Lipinski definition) is 1. The number of aryl methyl sites for hydroxylation is 1. The highest BCUT2D eigenvalue weighted by Crippen LogP contribution is 2.20. The van der Waals surface area contributed by atoms with Crippen molar-refractivity contribution in [3.8, 4) is 11.4 Å². The van der Waals surface area contributed by atoms with E-state index >= 15 is 0 Å². The van der Waals surface area contributed by atoms with E-state index in [2.05, 4.69) is 51.0 Å². The number of H-pyrrole nitrogens is 1. The predicted octanol–water partition coefficient (Wildman–Crippen LogP) is 2.35. The van der Waals surface area contributed by atoms with Gasteiger partial charge in [-0.25, -0.2) is 15.0 Å². The lowest BCUT2D eigenvalue weighted by molar-refractivity contribution is 0.240. The molecular formula is C20H21N5O. The van der Waals surface area contributed by atoms with Gasteiger partial charge in [-0.15, -0.1) is 0 Å². The summed E-state index contributed by atoms with van der Waals surface area (Å²) in [6.45, 7) is 4.60. The predicted molar refractivity (Wildman–Crippen MR) is 99.5 cm³/mol. The van der Waals surface area contributed by atoms with E-state index in [0.717, 1.165) is 42.8 Å². The Balaban J connectivity index is 1.62. The van der Waals surface area contributed by atoms with E-state index in [1.165, 1.54) is 17.5 Å². The molecule has 0 saturated carbocycles. The monoisotopic (exact) mass is 347 g/mol. The van der Waals surface area contributed by atoms with Gasteiger partial charge < -0.3 is 4.98 Å². The quantitative estimate of drug-likeness (QED) is 0.784. The number of aromatic nitrogens is 4. The SMILES string of the molecule is CCc1ccccc1CN1CCc2c(nc(-c3cncnc3)[nH]c2=O)C1. The molecule has 0 radical (unpaired) electrons. The second kappa shape index (κ2) is 7.17. The second-order valence-electron chi connectivity index (χ2n) is 6.55. The van der Waals surface area contributed by atoms with E-state index in [0.29, 0.717) is 12.4 Å². The Labute approximate surface area is 152 Å². The topological polar surface area (TPSA) is 74.8 Å². The number of hydrogen-bond acceptors (Lipinski definition) is 5. The number of nitrogens with zero attached hydrogens (tertiary/aromatic N) is 4. The fraction of sp³-hybridized carbons (Fsp3) is 0.300. The molecule has 3 aromatic rings. The Morgan fingerprint density at radius 2 is 1.92 bits per heavy atom. The van der Waals surface area contributed by atoms with Crippen molar-refractivity contribution in [2.75, 3.05) is 6.54 Å². The van der Waals surface area contributed by atoms with Gasteiger partial charge >= 0.3 is 0 Å². The van der Waals surface area contributed by atoms with Crippen molar-refractivity contribution in [3.63, 3.8) is 0 Å². The molecule has 0 spiro atoms. The molecule has 0 fully saturated rings. The van der Waals surface area contributed by atoms with Gasteiger partial charge in [0.25, 0.3) is 5.56 Å². The zero-order valence-corrected chi connectivity index (χ0v) is 14.8. The Bertz CT molecular complexity index is 967. The number of benzene rings is 1. The molecule has 3 heterocycles. The fourth-order valence-electron chi connectivity index (χ4n) is 3.48. The van der Waals surface area contributed by atoms with Crippen LogP contribution in [-0.4, -0.2) is 31.4 Å². The molecule has 1 aromatic carbocycles. The first-order chi connectivity index (χ1) is 12.7. The van der Waals surface area contributed by atoms with Crippen LogP contribution < -0.4 is 5.56 Å². The summed E-state index contributed by atoms with van der Waals surface area (Å²) >= 11 is 0. The summed E-state index contributed by atoms with van der Waals surface area (Å²) in [6.07, 6.45) is 6.53. The van der Waals surface area contributed by atoms with Gasteiger partial charge in [-0.1, -0.05) is 31.2 Å². The Morgan fingerprint density at radius 1 is 1.15 bits per heavy atom. The van der Waals surface area contributed by atoms with Gasteiger partial charge in [0.15, 0.2) is 0 Å². The molecule has 0 unspecified atom stereocenters. The lowest BCUT2D eigenvalue weighted by atomic mass is 10.0. The highest BCUT2D eigenvalue weighted by Gasteiger charge is 2.22. The van der Waals surface area contributed by atoms with Crippen molar-refractivity contribution >= 4 is 0 Å². The first kappa shape index (κ1) is 16.6. The summed E-state index contributed by atoms with van der Waals surface area (Å²) in [4.78, 5) is 30.4. The highest BCUT2D eigenvalue weighted by atomic mass is 16.1. The summed E-state index contributed by atoms with van der Waals surface area (Å²) in [5, 5.41) is 0. The second-order valence-corrected chi connectivity index (χ2v) is 6.55. The lowest BCUT2D eigenvalue weighted by Gasteiger charge is -2.28. The molecule has 0 aliphatic carbocycles. The molecule has 0 bridgehead atoms. The molecule has 1 N–H and O–H groups in total. The maximum atomic E-state index is 12.5. The molecule has 4 rings (SSSR count). The van der Waals surface area contributed by atoms with E-state index in [-0.39, 0.29) is 5.56 Å². The van der Waals surface area contributed by atoms with Crippen molar-refractivity contribution in [1.29, 1.82) is 0 Å². The Hall–Kier alpha value is -2.86. The van der Waals surface area contributed by atoms with Crippen molar-refractivity contribution < 1.29 is 0 Å². The van der Waals surface area contributed by atoms with Crippen LogP contribution in [0.15, 0.2) is 47.8 Å². The minimum Gasteiger partial charge on any atom is -0.306 e. The van der Waals surface area contributed by atoms with Crippen LogP contribution in [0.1, 0.15) is 29.3 Å². The minimum atomic E-state index is -0.0533. The van der Waals surface area contributed by atoms with Crippen LogP contribution in [0.5, 0.6) is 0 Å². The van der Waals surface area contributed by atoms with E-state index in [4.69, 9.17) is 4.98 Å². The molecule has 0 amide bonds. The zero-order chi connectivity index (χ0) is 17.9. The van der Waals surface area contributed by atoms with Crippen LogP contribution in [0.3, 0.4) is 0 Å². The van der Waals surface area contributed by atoms with Gasteiger partial charge in [0, 0.05) is 37.6 Å². The Kier molecular flexibility index (Phi) is 4.58. The van der Waals surface area contributed by atoms with Gasteiger partial charge in [0.2, 0.25) is 0 Å². The molecule has 6 nitrogen and oxygen atoms in total. The fourth-order valence-corrected chi connectivity index (χ4v) is 3.48. The van der Waals surface area contributed by atoms with Gasteiger partial charge in [-0.3, -0.25) is 9.69 Å². The third-order valence-corrected chi connectivity index (χ3v) is 4.88. The van der Waals surface area contributed by atoms with Crippen LogP contribution in [0.2, 0.25) is 0 Å². The minimum absolute atomic E-state index is 0.0533. The standard InChI is InChI=1S/C20H21N5O/c1-2-14-5-3-4-6-15(14)11-25-8-7-17-18(12-25)23-19(24-20(17)26)16-9-21-13-22-10-16/h3-6,9-10,13H,2,7-8,11-12H2,1H3,(H,23,24,26). The third kappa shape index (κ3) is 3.28. The lowest BCUT2D eigenvalue weighted by Crippen LogP contribution is -2.35. The van der Waals surface area contributed by atoms with Crippen LogP contribution in [0, 0.1) is 0 Å². The number of rotatable bonds is 4. The number of fused-ring (bicyclic) bond motifs is 1. The van der Waals surface area contributed by atoms with Crippen molar-refractivity contribution in [2.45, 2.75) is 32.9 Å². The molecule has 132 valence electrons. The smallest absolute Gasteiger partial charge is 0.254 e. The maximum Gasteiger partial charge on any atom is 0.254 e. The third-order valence-electron chi connectivity index (χ3n) is 4.88. The van der Waals surface area contributed by atoms with Crippen LogP contribution in [0.25, 0.3) is 11.4 Å². The first-order valence-electron chi connectivity index (χ1n) is 8.91. The first-order valence-corrected chi connectivity index (χ1v) is 8.91. The molecule has 6 heteroatoms. The van der Waals surface area contributed by atoms with Crippen LogP contribution >= 0.6 is 0 Å². The van der Waals surface area contributed by atoms with Crippen LogP contribution in [0.4, 0.5) is 0 Å². The summed E-state index contributed by atoms with van der Waals surface area (Å²) in [5.74, 6) is 0.533. The average Bonchev–Trinajstić information content (AvgIpc) is 2.69. The zero-order valence-electron chi connectivity index (χ0n) is 14.8. The highest BCUT2D eigenvalue weighted by molar-refractivity contribution is 5.52. The van der Waals surface area contributed by atoms with Crippen LogP contribution in [-0.2, 0) is 25.9 Å². The largest absolute Gasteiger partial charge is 0.306 e. The molecular weight excluding hydrogens is 326 g/mol. The van der Waals surface area contributed by atoms with E-state index < -0.39 is 0 Å². The van der Waals surface area contributed by atoms with E-state index in [9.17, 15) is 4.79 Å². The van der Waals surface area contributed by atoms with Gasteiger partial charge in [-0.2, -0.15) is 0 Å². The number of nitrogens with one attached hydrogen (secondary N) is 1. The maximum absolute atomic E-state index is 12.5. The van der Waals surface area contributed by atoms with Gasteiger partial charge in [0.1, 0.15) is 12.2 Å². The Morgan fingerprint density at radius 3 is 2.69 bits per heavy atom. The molecule has 26 heavy (non-hydrogen) atoms. The van der Waals surface area contributed by atoms with Gasteiger partial charge in [0.05, 0.1) is 11.3 Å². The average molecular weight is 347 g/mol. The molecule has 0 saturated heterocycles. The van der Waals surface area contributed by atoms with E-state index in [1.54, 1.807) is 12.4 Å². The molecule has 1 aliphatic heterocycles. The molecule has 2 aromatic heterocycles.